The predicted octanol–water partition coefficient (Wildman–Crippen LogP) is 3.08. The molecular formula is C11H13BrN2S. The normalized spacial score (nSPS) is 10.8. The molecule has 0 saturated carbocycles. The van der Waals surface area contributed by atoms with Gasteiger partial charge in [-0.15, -0.1) is 11.3 Å². The first kappa shape index (κ1) is 10.9. The lowest BCUT2D eigenvalue weighted by Gasteiger charge is -2.06. The fourth-order valence-corrected chi connectivity index (χ4v) is 3.00. The minimum absolute atomic E-state index is 0.916. The van der Waals surface area contributed by atoms with Gasteiger partial charge in [0.25, 0.3) is 0 Å². The second-order valence-corrected chi connectivity index (χ2v) is 5.30. The maximum absolute atomic E-state index is 3.47. The second-order valence-electron chi connectivity index (χ2n) is 3.39. The van der Waals surface area contributed by atoms with Gasteiger partial charge in [-0.3, -0.25) is 0 Å². The Hall–Kier alpha value is -0.580. The molecule has 0 aliphatic heterocycles. The zero-order valence-corrected chi connectivity index (χ0v) is 10.9. The number of nitrogens with zero attached hydrogens (tertiary/aromatic N) is 1. The quantitative estimate of drug-likeness (QED) is 0.913. The smallest absolute Gasteiger partial charge is 0.0567 e. The predicted molar refractivity (Wildman–Crippen MR) is 68.3 cm³/mol. The van der Waals surface area contributed by atoms with Crippen LogP contribution in [0, 0.1) is 0 Å². The molecular weight excluding hydrogens is 272 g/mol. The maximum Gasteiger partial charge on any atom is 0.0567 e. The Balaban J connectivity index is 2.13. The lowest BCUT2D eigenvalue weighted by Crippen LogP contribution is -2.10. The van der Waals surface area contributed by atoms with E-state index in [9.17, 15) is 0 Å². The van der Waals surface area contributed by atoms with Crippen LogP contribution in [0.5, 0.6) is 0 Å². The number of nitrogens with one attached hydrogen (secondary N) is 1. The van der Waals surface area contributed by atoms with Crippen molar-refractivity contribution in [2.75, 3.05) is 7.05 Å². The molecule has 0 bridgehead atoms. The Morgan fingerprint density at radius 3 is 3.07 bits per heavy atom. The van der Waals surface area contributed by atoms with E-state index in [2.05, 4.69) is 55.6 Å². The van der Waals surface area contributed by atoms with Gasteiger partial charge in [0.15, 0.2) is 0 Å². The van der Waals surface area contributed by atoms with Crippen molar-refractivity contribution < 1.29 is 0 Å². The third-order valence-electron chi connectivity index (χ3n) is 2.23. The molecule has 2 heterocycles. The molecule has 80 valence electrons. The summed E-state index contributed by atoms with van der Waals surface area (Å²) in [5.74, 6) is 0. The van der Waals surface area contributed by atoms with E-state index in [1.54, 1.807) is 11.3 Å². The van der Waals surface area contributed by atoms with Gasteiger partial charge < -0.3 is 9.88 Å². The molecule has 2 aromatic rings. The third-order valence-corrected chi connectivity index (χ3v) is 3.91. The molecule has 2 rings (SSSR count). The van der Waals surface area contributed by atoms with Crippen LogP contribution in [0.15, 0.2) is 34.2 Å². The lowest BCUT2D eigenvalue weighted by molar-refractivity contribution is 0.699. The van der Waals surface area contributed by atoms with Crippen molar-refractivity contribution in [2.24, 2.45) is 0 Å². The Morgan fingerprint density at radius 2 is 2.40 bits per heavy atom. The molecule has 0 radical (unpaired) electrons. The summed E-state index contributed by atoms with van der Waals surface area (Å²) in [4.78, 5) is 1.37. The fourth-order valence-electron chi connectivity index (χ4n) is 1.55. The SMILES string of the molecule is CNCc1cccn1Cc1cc(Br)cs1. The van der Waals surface area contributed by atoms with Crippen molar-refractivity contribution in [2.45, 2.75) is 13.1 Å². The van der Waals surface area contributed by atoms with Gasteiger partial charge in [-0.25, -0.2) is 0 Å². The van der Waals surface area contributed by atoms with Crippen molar-refractivity contribution in [1.29, 1.82) is 0 Å². The van der Waals surface area contributed by atoms with Crippen molar-refractivity contribution in [3.8, 4) is 0 Å². The van der Waals surface area contributed by atoms with Gasteiger partial charge in [0.05, 0.1) is 6.54 Å². The van der Waals surface area contributed by atoms with Crippen LogP contribution in [0.1, 0.15) is 10.6 Å². The summed E-state index contributed by atoms with van der Waals surface area (Å²) < 4.78 is 3.44. The molecule has 0 aromatic carbocycles. The standard InChI is InChI=1S/C11H13BrN2S/c1-13-6-10-3-2-4-14(10)7-11-5-9(12)8-15-11/h2-5,8,13H,6-7H2,1H3. The summed E-state index contributed by atoms with van der Waals surface area (Å²) in [5.41, 5.74) is 1.32. The molecule has 0 amide bonds. The highest BCUT2D eigenvalue weighted by atomic mass is 79.9. The number of aromatic nitrogens is 1. The highest BCUT2D eigenvalue weighted by Gasteiger charge is 2.02. The fraction of sp³-hybridized carbons (Fsp3) is 0.273. The highest BCUT2D eigenvalue weighted by Crippen LogP contribution is 2.21. The van der Waals surface area contributed by atoms with E-state index < -0.39 is 0 Å². The van der Waals surface area contributed by atoms with Crippen molar-refractivity contribution in [3.63, 3.8) is 0 Å². The third kappa shape index (κ3) is 2.71. The molecule has 15 heavy (non-hydrogen) atoms. The summed E-state index contributed by atoms with van der Waals surface area (Å²) >= 11 is 5.26. The summed E-state index contributed by atoms with van der Waals surface area (Å²) in [6.07, 6.45) is 2.13. The highest BCUT2D eigenvalue weighted by molar-refractivity contribution is 9.10. The van der Waals surface area contributed by atoms with E-state index in [-0.39, 0.29) is 0 Å². The van der Waals surface area contributed by atoms with Crippen LogP contribution in [0.3, 0.4) is 0 Å². The van der Waals surface area contributed by atoms with E-state index >= 15 is 0 Å². The van der Waals surface area contributed by atoms with Gasteiger partial charge in [0.1, 0.15) is 0 Å². The zero-order chi connectivity index (χ0) is 10.7. The van der Waals surface area contributed by atoms with Gasteiger partial charge in [0, 0.05) is 33.2 Å². The van der Waals surface area contributed by atoms with Crippen LogP contribution in [0.4, 0.5) is 0 Å². The summed E-state index contributed by atoms with van der Waals surface area (Å²) in [7, 11) is 1.97. The van der Waals surface area contributed by atoms with Gasteiger partial charge >= 0.3 is 0 Å². The van der Waals surface area contributed by atoms with Crippen molar-refractivity contribution >= 4 is 27.3 Å². The van der Waals surface area contributed by atoms with E-state index in [1.807, 2.05) is 7.05 Å². The van der Waals surface area contributed by atoms with Crippen molar-refractivity contribution in [3.05, 3.63) is 44.8 Å². The summed E-state index contributed by atoms with van der Waals surface area (Å²) in [6, 6.07) is 6.42. The molecule has 1 N–H and O–H groups in total. The van der Waals surface area contributed by atoms with Gasteiger partial charge in [-0.2, -0.15) is 0 Å². The molecule has 0 saturated heterocycles. The van der Waals surface area contributed by atoms with Crippen LogP contribution in [0.25, 0.3) is 0 Å². The van der Waals surface area contributed by atoms with Crippen molar-refractivity contribution in [1.82, 2.24) is 9.88 Å². The first-order valence-electron chi connectivity index (χ1n) is 4.81. The van der Waals surface area contributed by atoms with Gasteiger partial charge in [-0.1, -0.05) is 0 Å². The van der Waals surface area contributed by atoms with Crippen LogP contribution in [-0.4, -0.2) is 11.6 Å². The van der Waals surface area contributed by atoms with E-state index in [4.69, 9.17) is 0 Å². The molecule has 0 aliphatic carbocycles. The van der Waals surface area contributed by atoms with E-state index in [1.165, 1.54) is 15.0 Å². The van der Waals surface area contributed by atoms with Crippen LogP contribution in [-0.2, 0) is 13.1 Å². The van der Waals surface area contributed by atoms with E-state index in [0.29, 0.717) is 0 Å². The molecule has 2 nitrogen and oxygen atoms in total. The maximum atomic E-state index is 3.47. The number of rotatable bonds is 4. The Bertz CT molecular complexity index is 433. The minimum Gasteiger partial charge on any atom is -0.345 e. The Labute approximate surface area is 102 Å². The first-order chi connectivity index (χ1) is 7.29. The average molecular weight is 285 g/mol. The average Bonchev–Trinajstić information content (AvgIpc) is 2.78. The topological polar surface area (TPSA) is 17.0 Å². The second kappa shape index (κ2) is 4.96. The molecule has 2 aromatic heterocycles. The van der Waals surface area contributed by atoms with Crippen LogP contribution < -0.4 is 5.32 Å². The number of thiophene rings is 1. The van der Waals surface area contributed by atoms with E-state index in [0.717, 1.165) is 13.1 Å². The van der Waals surface area contributed by atoms with Gasteiger partial charge in [-0.05, 0) is 41.2 Å². The molecule has 0 atom stereocenters. The monoisotopic (exact) mass is 284 g/mol. The first-order valence-corrected chi connectivity index (χ1v) is 6.48. The number of halogens is 1. The molecule has 0 fully saturated rings. The number of hydrogen-bond donors (Lipinski definition) is 1. The molecule has 0 aliphatic rings. The Morgan fingerprint density at radius 1 is 1.53 bits per heavy atom. The summed E-state index contributed by atoms with van der Waals surface area (Å²) in [6.45, 7) is 1.87. The van der Waals surface area contributed by atoms with Crippen LogP contribution in [0.2, 0.25) is 0 Å². The summed E-state index contributed by atoms with van der Waals surface area (Å²) in [5, 5.41) is 5.30. The molecule has 0 unspecified atom stereocenters. The largest absolute Gasteiger partial charge is 0.345 e. The van der Waals surface area contributed by atoms with Crippen LogP contribution >= 0.6 is 27.3 Å². The molecule has 0 spiro atoms. The zero-order valence-electron chi connectivity index (χ0n) is 8.53. The molecule has 4 heteroatoms. The lowest BCUT2D eigenvalue weighted by atomic mass is 10.4. The Kier molecular flexibility index (Phi) is 3.61. The number of hydrogen-bond acceptors (Lipinski definition) is 2. The van der Waals surface area contributed by atoms with Gasteiger partial charge in [0.2, 0.25) is 0 Å². The minimum atomic E-state index is 0.916.